The number of hydrogen-bond acceptors (Lipinski definition) is 3. The van der Waals surface area contributed by atoms with E-state index in [4.69, 9.17) is 5.11 Å². The fourth-order valence-electron chi connectivity index (χ4n) is 1.88. The average molecular weight is 230 g/mol. The summed E-state index contributed by atoms with van der Waals surface area (Å²) in [4.78, 5) is 18.1. The summed E-state index contributed by atoms with van der Waals surface area (Å²) in [5, 5.41) is 8.68. The van der Waals surface area contributed by atoms with Gasteiger partial charge >= 0.3 is 0 Å². The summed E-state index contributed by atoms with van der Waals surface area (Å²) >= 11 is 0. The van der Waals surface area contributed by atoms with Crippen LogP contribution in [0.4, 0.5) is 0 Å². The molecule has 0 spiro atoms. The monoisotopic (exact) mass is 230 g/mol. The molecule has 0 aromatic carbocycles. The molecular weight excluding hydrogens is 216 g/mol. The van der Waals surface area contributed by atoms with Crippen LogP contribution in [0.5, 0.6) is 0 Å². The van der Waals surface area contributed by atoms with E-state index in [-0.39, 0.29) is 12.5 Å². The first-order valence-electron chi connectivity index (χ1n) is 5.67. The second-order valence-electron chi connectivity index (χ2n) is 3.86. The van der Waals surface area contributed by atoms with Gasteiger partial charge in [-0.15, -0.1) is 0 Å². The zero-order valence-electron chi connectivity index (χ0n) is 9.52. The summed E-state index contributed by atoms with van der Waals surface area (Å²) in [7, 11) is 0. The molecule has 0 atom stereocenters. The van der Waals surface area contributed by atoms with E-state index in [1.165, 1.54) is 0 Å². The molecule has 4 nitrogen and oxygen atoms in total. The maximum atomic E-state index is 12.2. The van der Waals surface area contributed by atoms with Gasteiger partial charge in [-0.05, 0) is 25.0 Å². The lowest BCUT2D eigenvalue weighted by atomic mass is 10.2. The van der Waals surface area contributed by atoms with Gasteiger partial charge in [0.15, 0.2) is 0 Å². The van der Waals surface area contributed by atoms with Crippen LogP contribution in [-0.4, -0.2) is 40.6 Å². The molecule has 0 aliphatic carbocycles. The molecule has 88 valence electrons. The van der Waals surface area contributed by atoms with Crippen LogP contribution < -0.4 is 0 Å². The largest absolute Gasteiger partial charge is 0.384 e. The zero-order chi connectivity index (χ0) is 12.1. The third kappa shape index (κ3) is 2.63. The van der Waals surface area contributed by atoms with Crippen molar-refractivity contribution >= 4 is 5.91 Å². The van der Waals surface area contributed by atoms with Gasteiger partial charge in [-0.3, -0.25) is 4.79 Å². The number of carbonyl (C=O) groups excluding carboxylic acids is 1. The van der Waals surface area contributed by atoms with Gasteiger partial charge in [-0.2, -0.15) is 0 Å². The lowest BCUT2D eigenvalue weighted by Crippen LogP contribution is -2.29. The molecule has 0 unspecified atom stereocenters. The summed E-state index contributed by atoms with van der Waals surface area (Å²) in [6.45, 7) is 1.37. The Bertz CT molecular complexity index is 468. The number of aromatic nitrogens is 1. The molecule has 2 rings (SSSR count). The van der Waals surface area contributed by atoms with Crippen molar-refractivity contribution in [3.63, 3.8) is 0 Å². The Balaban J connectivity index is 2.27. The van der Waals surface area contributed by atoms with Crippen molar-refractivity contribution in [1.29, 1.82) is 0 Å². The van der Waals surface area contributed by atoms with E-state index in [0.717, 1.165) is 25.9 Å². The first-order chi connectivity index (χ1) is 8.33. The zero-order valence-corrected chi connectivity index (χ0v) is 9.52. The summed E-state index contributed by atoms with van der Waals surface area (Å²) in [5.74, 6) is 5.24. The molecule has 1 aliphatic heterocycles. The second kappa shape index (κ2) is 5.46. The molecule has 1 aromatic rings. The molecule has 1 fully saturated rings. The highest BCUT2D eigenvalue weighted by atomic mass is 16.2. The van der Waals surface area contributed by atoms with Gasteiger partial charge in [0.2, 0.25) is 0 Å². The normalized spacial score (nSPS) is 14.3. The Morgan fingerprint density at radius 2 is 2.24 bits per heavy atom. The van der Waals surface area contributed by atoms with E-state index in [9.17, 15) is 4.79 Å². The number of pyridine rings is 1. The second-order valence-corrected chi connectivity index (χ2v) is 3.86. The molecule has 0 saturated carbocycles. The molecule has 0 bridgehead atoms. The molecule has 0 radical (unpaired) electrons. The fraction of sp³-hybridized carbons (Fsp3) is 0.385. The predicted octanol–water partition coefficient (Wildman–Crippen LogP) is 0.661. The van der Waals surface area contributed by atoms with Crippen molar-refractivity contribution in [2.45, 2.75) is 12.8 Å². The highest BCUT2D eigenvalue weighted by Crippen LogP contribution is 2.13. The van der Waals surface area contributed by atoms with Crippen LogP contribution in [0, 0.1) is 11.8 Å². The Morgan fingerprint density at radius 3 is 2.94 bits per heavy atom. The molecule has 1 amide bonds. The van der Waals surface area contributed by atoms with Crippen molar-refractivity contribution in [2.24, 2.45) is 0 Å². The Hall–Kier alpha value is -1.86. The number of likely N-dealkylation sites (tertiary alicyclic amines) is 1. The first kappa shape index (κ1) is 11.6. The van der Waals surface area contributed by atoms with Crippen molar-refractivity contribution in [1.82, 2.24) is 9.88 Å². The van der Waals surface area contributed by atoms with Gasteiger partial charge in [0.25, 0.3) is 5.91 Å². The molecule has 1 aromatic heterocycles. The molecule has 2 heterocycles. The minimum Gasteiger partial charge on any atom is -0.384 e. The van der Waals surface area contributed by atoms with E-state index < -0.39 is 0 Å². The molecule has 1 aliphatic rings. The topological polar surface area (TPSA) is 53.4 Å². The van der Waals surface area contributed by atoms with Gasteiger partial charge in [0, 0.05) is 19.3 Å². The number of carbonyl (C=O) groups is 1. The Labute approximate surface area is 100 Å². The summed E-state index contributed by atoms with van der Waals surface area (Å²) in [5.41, 5.74) is 0.966. The number of aliphatic hydroxyl groups excluding tert-OH is 1. The number of hydrogen-bond donors (Lipinski definition) is 1. The summed E-state index contributed by atoms with van der Waals surface area (Å²) < 4.78 is 0. The lowest BCUT2D eigenvalue weighted by molar-refractivity contribution is 0.0786. The molecule has 17 heavy (non-hydrogen) atoms. The molecule has 1 saturated heterocycles. The number of nitrogens with zero attached hydrogens (tertiary/aromatic N) is 2. The number of aliphatic hydroxyl groups is 1. The Morgan fingerprint density at radius 1 is 1.47 bits per heavy atom. The van der Waals surface area contributed by atoms with Gasteiger partial charge in [-0.1, -0.05) is 11.8 Å². The third-order valence-electron chi connectivity index (χ3n) is 2.71. The van der Waals surface area contributed by atoms with Gasteiger partial charge in [-0.25, -0.2) is 4.98 Å². The number of amides is 1. The van der Waals surface area contributed by atoms with Crippen LogP contribution in [-0.2, 0) is 0 Å². The maximum absolute atomic E-state index is 12.2. The standard InChI is InChI=1S/C13H14N2O2/c16-10-4-6-11-5-3-7-14-12(11)13(17)15-8-1-2-9-15/h3,5,7,16H,1-2,8-10H2. The SMILES string of the molecule is O=C(c1ncccc1C#CCO)N1CCCC1. The predicted molar refractivity (Wildman–Crippen MR) is 63.3 cm³/mol. The highest BCUT2D eigenvalue weighted by molar-refractivity contribution is 5.94. The minimum atomic E-state index is -0.216. The van der Waals surface area contributed by atoms with E-state index in [2.05, 4.69) is 16.8 Å². The average Bonchev–Trinajstić information content (AvgIpc) is 2.89. The van der Waals surface area contributed by atoms with E-state index in [1.807, 2.05) is 0 Å². The van der Waals surface area contributed by atoms with E-state index in [0.29, 0.717) is 11.3 Å². The third-order valence-corrected chi connectivity index (χ3v) is 2.71. The fourth-order valence-corrected chi connectivity index (χ4v) is 1.88. The Kier molecular flexibility index (Phi) is 3.73. The summed E-state index contributed by atoms with van der Waals surface area (Å²) in [6.07, 6.45) is 3.69. The van der Waals surface area contributed by atoms with Crippen LogP contribution in [0.1, 0.15) is 28.9 Å². The van der Waals surface area contributed by atoms with Crippen molar-refractivity contribution in [3.05, 3.63) is 29.6 Å². The van der Waals surface area contributed by atoms with Crippen molar-refractivity contribution in [3.8, 4) is 11.8 Å². The van der Waals surface area contributed by atoms with Crippen molar-refractivity contribution < 1.29 is 9.90 Å². The van der Waals surface area contributed by atoms with Crippen molar-refractivity contribution in [2.75, 3.05) is 19.7 Å². The van der Waals surface area contributed by atoms with Gasteiger partial charge < -0.3 is 10.0 Å². The number of rotatable bonds is 1. The highest BCUT2D eigenvalue weighted by Gasteiger charge is 2.22. The van der Waals surface area contributed by atoms with Crippen LogP contribution in [0.15, 0.2) is 18.3 Å². The molecule has 4 heteroatoms. The van der Waals surface area contributed by atoms with Gasteiger partial charge in [0.1, 0.15) is 12.3 Å². The molecule has 1 N–H and O–H groups in total. The first-order valence-corrected chi connectivity index (χ1v) is 5.67. The van der Waals surface area contributed by atoms with Crippen LogP contribution >= 0.6 is 0 Å². The van der Waals surface area contributed by atoms with Gasteiger partial charge in [0.05, 0.1) is 5.56 Å². The quantitative estimate of drug-likeness (QED) is 0.721. The smallest absolute Gasteiger partial charge is 0.273 e. The van der Waals surface area contributed by atoms with Crippen LogP contribution in [0.2, 0.25) is 0 Å². The maximum Gasteiger partial charge on any atom is 0.273 e. The molecular formula is C13H14N2O2. The van der Waals surface area contributed by atoms with Crippen LogP contribution in [0.3, 0.4) is 0 Å². The minimum absolute atomic E-state index is 0.0645. The van der Waals surface area contributed by atoms with Crippen LogP contribution in [0.25, 0.3) is 0 Å². The lowest BCUT2D eigenvalue weighted by Gasteiger charge is -2.15. The van der Waals surface area contributed by atoms with E-state index in [1.54, 1.807) is 23.2 Å². The summed E-state index contributed by atoms with van der Waals surface area (Å²) in [6, 6.07) is 3.49. The van der Waals surface area contributed by atoms with E-state index >= 15 is 0 Å².